The maximum absolute atomic E-state index is 13.1. The summed E-state index contributed by atoms with van der Waals surface area (Å²) < 4.78 is 0. The van der Waals surface area contributed by atoms with Crippen LogP contribution in [-0.4, -0.2) is 59.5 Å². The van der Waals surface area contributed by atoms with Crippen LogP contribution in [0.15, 0.2) is 72.8 Å². The summed E-state index contributed by atoms with van der Waals surface area (Å²) in [5, 5.41) is 5.46. The van der Waals surface area contributed by atoms with Crippen molar-refractivity contribution >= 4 is 22.7 Å². The summed E-state index contributed by atoms with van der Waals surface area (Å²) in [7, 11) is 0. The van der Waals surface area contributed by atoms with Crippen LogP contribution in [0.1, 0.15) is 18.1 Å². The van der Waals surface area contributed by atoms with Crippen molar-refractivity contribution in [3.05, 3.63) is 83.9 Å². The topological polar surface area (TPSA) is 55.9 Å². The molecule has 6 heteroatoms. The van der Waals surface area contributed by atoms with Crippen molar-refractivity contribution < 1.29 is 9.59 Å². The molecule has 32 heavy (non-hydrogen) atoms. The van der Waals surface area contributed by atoms with Crippen molar-refractivity contribution in [2.45, 2.75) is 19.0 Å². The zero-order chi connectivity index (χ0) is 22.1. The fourth-order valence-corrected chi connectivity index (χ4v) is 4.75. The van der Waals surface area contributed by atoms with Crippen LogP contribution < -0.4 is 5.32 Å². The Hall–Kier alpha value is -3.22. The Kier molecular flexibility index (Phi) is 5.41. The summed E-state index contributed by atoms with van der Waals surface area (Å²) in [4.78, 5) is 31.8. The van der Waals surface area contributed by atoms with Gasteiger partial charge in [0.15, 0.2) is 0 Å². The number of fused-ring (bicyclic) bond motifs is 1. The molecule has 2 saturated heterocycles. The molecule has 2 heterocycles. The predicted molar refractivity (Wildman–Crippen MR) is 125 cm³/mol. The highest BCUT2D eigenvalue weighted by atomic mass is 16.2. The van der Waals surface area contributed by atoms with Gasteiger partial charge in [0.25, 0.3) is 5.91 Å². The van der Waals surface area contributed by atoms with Crippen molar-refractivity contribution in [1.82, 2.24) is 20.0 Å². The Morgan fingerprint density at radius 2 is 1.47 bits per heavy atom. The van der Waals surface area contributed by atoms with Gasteiger partial charge < -0.3 is 5.32 Å². The molecule has 2 fully saturated rings. The maximum Gasteiger partial charge on any atom is 0.326 e. The van der Waals surface area contributed by atoms with E-state index >= 15 is 0 Å². The number of imide groups is 1. The third kappa shape index (κ3) is 3.76. The van der Waals surface area contributed by atoms with Crippen LogP contribution in [0, 0.1) is 0 Å². The van der Waals surface area contributed by atoms with Crippen molar-refractivity contribution in [3.63, 3.8) is 0 Å². The van der Waals surface area contributed by atoms with E-state index in [-0.39, 0.29) is 11.9 Å². The van der Waals surface area contributed by atoms with Crippen molar-refractivity contribution in [2.24, 2.45) is 0 Å². The third-order valence-electron chi connectivity index (χ3n) is 6.71. The molecule has 0 aromatic heterocycles. The molecule has 2 aliphatic heterocycles. The Labute approximate surface area is 188 Å². The number of hydrogen-bond acceptors (Lipinski definition) is 4. The quantitative estimate of drug-likeness (QED) is 0.633. The molecule has 0 unspecified atom stereocenters. The first-order chi connectivity index (χ1) is 15.5. The molecule has 0 spiro atoms. The second-order valence-electron chi connectivity index (χ2n) is 8.83. The minimum Gasteiger partial charge on any atom is -0.319 e. The monoisotopic (exact) mass is 428 g/mol. The predicted octanol–water partition coefficient (Wildman–Crippen LogP) is 3.38. The van der Waals surface area contributed by atoms with Gasteiger partial charge in [-0.2, -0.15) is 0 Å². The first kappa shape index (κ1) is 20.7. The van der Waals surface area contributed by atoms with Crippen molar-refractivity contribution in [1.29, 1.82) is 0 Å². The average Bonchev–Trinajstić information content (AvgIpc) is 3.05. The fraction of sp³-hybridized carbons (Fsp3) is 0.308. The lowest BCUT2D eigenvalue weighted by molar-refractivity contribution is -0.132. The Morgan fingerprint density at radius 3 is 2.25 bits per heavy atom. The minimum absolute atomic E-state index is 0.188. The van der Waals surface area contributed by atoms with Gasteiger partial charge in [-0.25, -0.2) is 9.69 Å². The number of carbonyl (C=O) groups is 2. The standard InChI is InChI=1S/C26H28N4O2/c1-26(22-11-3-2-4-12-22)24(31)30(25(32)27-26)19-29-16-14-28(15-17-29)18-21-10-7-9-20-8-5-6-13-23(20)21/h2-13H,14-19H2,1H3,(H,27,32)/t26-/m1/s1. The van der Waals surface area contributed by atoms with Crippen LogP contribution in [0.4, 0.5) is 4.79 Å². The fourth-order valence-electron chi connectivity index (χ4n) is 4.75. The molecule has 3 aromatic carbocycles. The summed E-state index contributed by atoms with van der Waals surface area (Å²) in [5.74, 6) is -0.188. The van der Waals surface area contributed by atoms with Gasteiger partial charge in [0, 0.05) is 32.7 Å². The van der Waals surface area contributed by atoms with Gasteiger partial charge in [-0.15, -0.1) is 0 Å². The molecule has 0 radical (unpaired) electrons. The van der Waals surface area contributed by atoms with E-state index in [2.05, 4.69) is 57.6 Å². The third-order valence-corrected chi connectivity index (χ3v) is 6.71. The van der Waals surface area contributed by atoms with E-state index in [1.165, 1.54) is 21.2 Å². The summed E-state index contributed by atoms with van der Waals surface area (Å²) >= 11 is 0. The van der Waals surface area contributed by atoms with Gasteiger partial charge in [0.05, 0.1) is 6.67 Å². The molecular formula is C26H28N4O2. The molecular weight excluding hydrogens is 400 g/mol. The molecule has 5 rings (SSSR count). The molecule has 6 nitrogen and oxygen atoms in total. The van der Waals surface area contributed by atoms with E-state index in [0.717, 1.165) is 38.3 Å². The number of amides is 3. The first-order valence-corrected chi connectivity index (χ1v) is 11.2. The highest BCUT2D eigenvalue weighted by molar-refractivity contribution is 6.07. The molecule has 0 bridgehead atoms. The summed E-state index contributed by atoms with van der Waals surface area (Å²) in [6, 6.07) is 24.1. The second kappa shape index (κ2) is 8.37. The number of rotatable bonds is 5. The summed E-state index contributed by atoms with van der Waals surface area (Å²) in [6.45, 7) is 6.48. The van der Waals surface area contributed by atoms with Crippen molar-refractivity contribution in [2.75, 3.05) is 32.8 Å². The lowest BCUT2D eigenvalue weighted by Gasteiger charge is -2.36. The van der Waals surface area contributed by atoms with E-state index in [9.17, 15) is 9.59 Å². The van der Waals surface area contributed by atoms with Gasteiger partial charge in [-0.3, -0.25) is 14.6 Å². The van der Waals surface area contributed by atoms with E-state index in [4.69, 9.17) is 0 Å². The lowest BCUT2D eigenvalue weighted by Crippen LogP contribution is -2.51. The number of urea groups is 1. The number of nitrogens with zero attached hydrogens (tertiary/aromatic N) is 3. The minimum atomic E-state index is -1.01. The highest BCUT2D eigenvalue weighted by Crippen LogP contribution is 2.29. The van der Waals surface area contributed by atoms with E-state index < -0.39 is 5.54 Å². The Bertz CT molecular complexity index is 1140. The number of benzene rings is 3. The SMILES string of the molecule is C[C@]1(c2ccccc2)NC(=O)N(CN2CCN(Cc3cccc4ccccc34)CC2)C1=O. The van der Waals surface area contributed by atoms with Gasteiger partial charge in [0.2, 0.25) is 0 Å². The molecule has 1 atom stereocenters. The van der Waals surface area contributed by atoms with Gasteiger partial charge in [-0.1, -0.05) is 72.8 Å². The van der Waals surface area contributed by atoms with Crippen LogP contribution in [0.5, 0.6) is 0 Å². The van der Waals surface area contributed by atoms with Crippen molar-refractivity contribution in [3.8, 4) is 0 Å². The molecule has 2 aliphatic rings. The zero-order valence-electron chi connectivity index (χ0n) is 18.3. The van der Waals surface area contributed by atoms with E-state index in [1.807, 2.05) is 30.3 Å². The van der Waals surface area contributed by atoms with Crippen LogP contribution in [-0.2, 0) is 16.9 Å². The molecule has 1 N–H and O–H groups in total. The number of piperazine rings is 1. The molecule has 164 valence electrons. The van der Waals surface area contributed by atoms with Crippen LogP contribution in [0.2, 0.25) is 0 Å². The highest BCUT2D eigenvalue weighted by Gasteiger charge is 2.49. The van der Waals surface area contributed by atoms with Crippen LogP contribution >= 0.6 is 0 Å². The Morgan fingerprint density at radius 1 is 0.812 bits per heavy atom. The largest absolute Gasteiger partial charge is 0.326 e. The molecule has 0 aliphatic carbocycles. The van der Waals surface area contributed by atoms with Gasteiger partial charge in [-0.05, 0) is 28.8 Å². The van der Waals surface area contributed by atoms with E-state index in [1.54, 1.807) is 6.92 Å². The summed E-state index contributed by atoms with van der Waals surface area (Å²) in [6.07, 6.45) is 0. The van der Waals surface area contributed by atoms with Crippen LogP contribution in [0.25, 0.3) is 10.8 Å². The molecule has 3 amide bonds. The number of carbonyl (C=O) groups excluding carboxylic acids is 2. The normalized spacial score (nSPS) is 22.5. The lowest BCUT2D eigenvalue weighted by atomic mass is 9.92. The number of nitrogens with one attached hydrogen (secondary N) is 1. The first-order valence-electron chi connectivity index (χ1n) is 11.2. The maximum atomic E-state index is 13.1. The average molecular weight is 429 g/mol. The van der Waals surface area contributed by atoms with Gasteiger partial charge >= 0.3 is 6.03 Å². The number of hydrogen-bond donors (Lipinski definition) is 1. The summed E-state index contributed by atoms with van der Waals surface area (Å²) in [5.41, 5.74) is 1.14. The molecule has 0 saturated carbocycles. The zero-order valence-corrected chi connectivity index (χ0v) is 18.3. The van der Waals surface area contributed by atoms with Gasteiger partial charge in [0.1, 0.15) is 5.54 Å². The second-order valence-corrected chi connectivity index (χ2v) is 8.83. The molecule has 3 aromatic rings. The van der Waals surface area contributed by atoms with E-state index in [0.29, 0.717) is 6.67 Å². The smallest absolute Gasteiger partial charge is 0.319 e. The Balaban J connectivity index is 1.21. The van der Waals surface area contributed by atoms with Crippen LogP contribution in [0.3, 0.4) is 0 Å².